The lowest BCUT2D eigenvalue weighted by Gasteiger charge is -2.21. The minimum absolute atomic E-state index is 0.00764. The van der Waals surface area contributed by atoms with Gasteiger partial charge in [-0.25, -0.2) is 9.78 Å². The normalized spacial score (nSPS) is 11.8. The molecule has 0 aliphatic carbocycles. The second-order valence-electron chi connectivity index (χ2n) is 5.81. The topological polar surface area (TPSA) is 56.5 Å². The summed E-state index contributed by atoms with van der Waals surface area (Å²) in [4.78, 5) is 20.6. The minimum atomic E-state index is -0.577. The monoisotopic (exact) mass is 285 g/mol. The van der Waals surface area contributed by atoms with Gasteiger partial charge in [-0.3, -0.25) is 0 Å². The van der Waals surface area contributed by atoms with E-state index in [-0.39, 0.29) is 11.2 Å². The second kappa shape index (κ2) is 5.91. The van der Waals surface area contributed by atoms with Crippen LogP contribution in [0.5, 0.6) is 0 Å². The molecule has 1 aromatic heterocycles. The third-order valence-electron chi connectivity index (χ3n) is 3.10. The highest BCUT2D eigenvalue weighted by Crippen LogP contribution is 2.24. The molecule has 0 bridgehead atoms. The highest BCUT2D eigenvalue weighted by Gasteiger charge is 2.17. The largest absolute Gasteiger partial charge is 0.400 e. The first-order valence-corrected chi connectivity index (χ1v) is 6.71. The van der Waals surface area contributed by atoms with Gasteiger partial charge in [0.1, 0.15) is 0 Å². The van der Waals surface area contributed by atoms with Gasteiger partial charge >= 0.3 is 5.97 Å². The van der Waals surface area contributed by atoms with Crippen LogP contribution in [0.3, 0.4) is 0 Å². The fraction of sp³-hybridized carbons (Fsp3) is 0.312. The van der Waals surface area contributed by atoms with Crippen molar-refractivity contribution in [3.05, 3.63) is 53.6 Å². The van der Waals surface area contributed by atoms with Gasteiger partial charge in [0.15, 0.2) is 0 Å². The summed E-state index contributed by atoms with van der Waals surface area (Å²) in [5, 5.41) is 3.78. The number of oxime groups is 1. The molecule has 1 aromatic carbocycles. The van der Waals surface area contributed by atoms with Crippen molar-refractivity contribution in [1.82, 2.24) is 9.55 Å². The fourth-order valence-corrected chi connectivity index (χ4v) is 2.03. The Morgan fingerprint density at radius 2 is 2.05 bits per heavy atom. The molecule has 0 saturated carbocycles. The van der Waals surface area contributed by atoms with Crippen molar-refractivity contribution >= 4 is 12.2 Å². The Labute approximate surface area is 124 Å². The van der Waals surface area contributed by atoms with Gasteiger partial charge in [0, 0.05) is 19.4 Å². The molecule has 0 fully saturated rings. The number of nitrogens with zero attached hydrogens (tertiary/aromatic N) is 3. The summed E-state index contributed by atoms with van der Waals surface area (Å²) in [6.45, 7) is 6.37. The molecule has 0 unspecified atom stereocenters. The quantitative estimate of drug-likeness (QED) is 0.495. The van der Waals surface area contributed by atoms with Gasteiger partial charge in [-0.2, -0.15) is 0 Å². The summed E-state index contributed by atoms with van der Waals surface area (Å²) < 4.78 is 1.58. The Morgan fingerprint density at radius 1 is 1.33 bits per heavy atom. The first-order valence-electron chi connectivity index (χ1n) is 6.71. The molecule has 5 nitrogen and oxygen atoms in total. The average Bonchev–Trinajstić information content (AvgIpc) is 2.84. The van der Waals surface area contributed by atoms with E-state index in [9.17, 15) is 4.79 Å². The number of carbonyl (C=O) groups is 1. The van der Waals surface area contributed by atoms with Crippen LogP contribution < -0.4 is 0 Å². The number of aromatic nitrogens is 2. The van der Waals surface area contributed by atoms with Crippen molar-refractivity contribution in [2.75, 3.05) is 0 Å². The van der Waals surface area contributed by atoms with E-state index in [0.717, 1.165) is 11.1 Å². The summed E-state index contributed by atoms with van der Waals surface area (Å²) in [5.41, 5.74) is 2.06. The molecule has 2 aromatic rings. The van der Waals surface area contributed by atoms with Gasteiger partial charge in [-0.1, -0.05) is 50.2 Å². The molecule has 1 heterocycles. The maximum atomic E-state index is 11.8. The molecule has 21 heavy (non-hydrogen) atoms. The molecule has 0 N–H and O–H groups in total. The number of aryl methyl sites for hydroxylation is 1. The number of benzene rings is 1. The molecule has 110 valence electrons. The molecule has 0 aliphatic rings. The number of hydrogen-bond donors (Lipinski definition) is 0. The minimum Gasteiger partial charge on any atom is -0.328 e. The third kappa shape index (κ3) is 3.56. The van der Waals surface area contributed by atoms with E-state index in [4.69, 9.17) is 4.84 Å². The lowest BCUT2D eigenvalue weighted by Crippen LogP contribution is -2.14. The summed E-state index contributed by atoms with van der Waals surface area (Å²) in [6, 6.07) is 7.90. The Bertz CT molecular complexity index is 666. The van der Waals surface area contributed by atoms with Gasteiger partial charge in [-0.05, 0) is 16.5 Å². The number of rotatable bonds is 3. The molecule has 2 rings (SSSR count). The van der Waals surface area contributed by atoms with E-state index < -0.39 is 5.97 Å². The van der Waals surface area contributed by atoms with E-state index in [1.54, 1.807) is 24.0 Å². The van der Waals surface area contributed by atoms with Gasteiger partial charge in [0.05, 0.1) is 6.21 Å². The summed E-state index contributed by atoms with van der Waals surface area (Å²) in [6.07, 6.45) is 4.77. The van der Waals surface area contributed by atoms with E-state index in [2.05, 4.69) is 30.9 Å². The van der Waals surface area contributed by atoms with Crippen molar-refractivity contribution in [3.8, 4) is 0 Å². The molecule has 5 heteroatoms. The molecular weight excluding hydrogens is 266 g/mol. The lowest BCUT2D eigenvalue weighted by molar-refractivity contribution is 0.0500. The van der Waals surface area contributed by atoms with E-state index in [0.29, 0.717) is 0 Å². The maximum Gasteiger partial charge on any atom is 0.400 e. The molecular formula is C16H19N3O2. The molecule has 0 saturated heterocycles. The Hall–Kier alpha value is -2.43. The van der Waals surface area contributed by atoms with Crippen LogP contribution in [-0.2, 0) is 17.3 Å². The van der Waals surface area contributed by atoms with Crippen molar-refractivity contribution in [3.63, 3.8) is 0 Å². The Balaban J connectivity index is 2.13. The van der Waals surface area contributed by atoms with Crippen LogP contribution >= 0.6 is 0 Å². The summed E-state index contributed by atoms with van der Waals surface area (Å²) in [7, 11) is 1.72. The smallest absolute Gasteiger partial charge is 0.328 e. The van der Waals surface area contributed by atoms with Gasteiger partial charge in [0.25, 0.3) is 0 Å². The first-order chi connectivity index (χ1) is 9.89. The number of carbonyl (C=O) groups excluding carboxylic acids is 1. The van der Waals surface area contributed by atoms with Gasteiger partial charge in [-0.15, -0.1) is 0 Å². The van der Waals surface area contributed by atoms with Crippen LogP contribution in [0.4, 0.5) is 0 Å². The predicted molar refractivity (Wildman–Crippen MR) is 81.4 cm³/mol. The zero-order valence-corrected chi connectivity index (χ0v) is 12.7. The standard InChI is InChI=1S/C16H19N3O2/c1-16(2,3)13-8-6-5-7-12(13)11-18-21-15(20)14-17-9-10-19(14)4/h5-11H,1-4H3. The van der Waals surface area contributed by atoms with Gasteiger partial charge in [0.2, 0.25) is 5.82 Å². The van der Waals surface area contributed by atoms with Crippen LogP contribution in [0.1, 0.15) is 42.5 Å². The van der Waals surface area contributed by atoms with Crippen LogP contribution in [0.25, 0.3) is 0 Å². The summed E-state index contributed by atoms with van der Waals surface area (Å²) in [5.74, 6) is -0.358. The summed E-state index contributed by atoms with van der Waals surface area (Å²) >= 11 is 0. The van der Waals surface area contributed by atoms with E-state index in [1.807, 2.05) is 24.3 Å². The van der Waals surface area contributed by atoms with Crippen LogP contribution in [0, 0.1) is 0 Å². The Kier molecular flexibility index (Phi) is 4.21. The highest BCUT2D eigenvalue weighted by molar-refractivity contribution is 5.87. The fourth-order valence-electron chi connectivity index (χ4n) is 2.03. The molecule has 0 atom stereocenters. The van der Waals surface area contributed by atoms with E-state index >= 15 is 0 Å². The predicted octanol–water partition coefficient (Wildman–Crippen LogP) is 2.91. The second-order valence-corrected chi connectivity index (χ2v) is 5.81. The van der Waals surface area contributed by atoms with Gasteiger partial charge < -0.3 is 9.40 Å². The lowest BCUT2D eigenvalue weighted by atomic mass is 9.84. The van der Waals surface area contributed by atoms with Crippen LogP contribution in [-0.4, -0.2) is 21.7 Å². The molecule has 0 spiro atoms. The maximum absolute atomic E-state index is 11.8. The van der Waals surface area contributed by atoms with Crippen LogP contribution in [0.2, 0.25) is 0 Å². The average molecular weight is 285 g/mol. The molecule has 0 radical (unpaired) electrons. The van der Waals surface area contributed by atoms with Crippen molar-refractivity contribution in [1.29, 1.82) is 0 Å². The van der Waals surface area contributed by atoms with Crippen molar-refractivity contribution in [2.24, 2.45) is 12.2 Å². The van der Waals surface area contributed by atoms with Crippen molar-refractivity contribution in [2.45, 2.75) is 26.2 Å². The number of hydrogen-bond acceptors (Lipinski definition) is 4. The van der Waals surface area contributed by atoms with Crippen molar-refractivity contribution < 1.29 is 9.63 Å². The zero-order chi connectivity index (χ0) is 15.5. The SMILES string of the molecule is Cn1ccnc1C(=O)ON=Cc1ccccc1C(C)(C)C. The molecule has 0 amide bonds. The number of imidazole rings is 1. The molecule has 0 aliphatic heterocycles. The Morgan fingerprint density at radius 3 is 2.67 bits per heavy atom. The zero-order valence-electron chi connectivity index (χ0n) is 12.7. The third-order valence-corrected chi connectivity index (χ3v) is 3.10. The first kappa shape index (κ1) is 15.0. The van der Waals surface area contributed by atoms with E-state index in [1.165, 1.54) is 6.20 Å². The van der Waals surface area contributed by atoms with Crippen LogP contribution in [0.15, 0.2) is 41.8 Å². The highest BCUT2D eigenvalue weighted by atomic mass is 16.7.